The Bertz CT molecular complexity index is 233. The summed E-state index contributed by atoms with van der Waals surface area (Å²) < 4.78 is 10.3. The van der Waals surface area contributed by atoms with E-state index in [2.05, 4.69) is 5.32 Å². The van der Waals surface area contributed by atoms with E-state index >= 15 is 0 Å². The van der Waals surface area contributed by atoms with Gasteiger partial charge in [0, 0.05) is 46.0 Å². The van der Waals surface area contributed by atoms with Crippen molar-refractivity contribution in [1.29, 1.82) is 0 Å². The predicted octanol–water partition coefficient (Wildman–Crippen LogP) is -0.811. The standard InChI is InChI=1S/C12H25N3O3/c1-17-9-6-15(5-4-13)10-12(16)14-11-2-7-18-8-3-11/h11H,2-10,13H2,1H3,(H,14,16). The van der Waals surface area contributed by atoms with Crippen molar-refractivity contribution >= 4 is 5.91 Å². The molecule has 0 unspecified atom stereocenters. The van der Waals surface area contributed by atoms with Crippen molar-refractivity contribution in [1.82, 2.24) is 10.2 Å². The number of hydrogen-bond donors (Lipinski definition) is 2. The van der Waals surface area contributed by atoms with Gasteiger partial charge in [0.2, 0.25) is 5.91 Å². The van der Waals surface area contributed by atoms with Crippen molar-refractivity contribution < 1.29 is 14.3 Å². The summed E-state index contributed by atoms with van der Waals surface area (Å²) in [5.41, 5.74) is 5.53. The van der Waals surface area contributed by atoms with Crippen LogP contribution in [0.1, 0.15) is 12.8 Å². The maximum absolute atomic E-state index is 11.9. The molecule has 3 N–H and O–H groups in total. The highest BCUT2D eigenvalue weighted by Gasteiger charge is 2.17. The van der Waals surface area contributed by atoms with E-state index in [1.54, 1.807) is 7.11 Å². The fourth-order valence-electron chi connectivity index (χ4n) is 1.99. The topological polar surface area (TPSA) is 76.8 Å². The van der Waals surface area contributed by atoms with E-state index < -0.39 is 0 Å². The normalized spacial score (nSPS) is 17.1. The number of methoxy groups -OCH3 is 1. The molecule has 0 saturated carbocycles. The molecule has 1 aliphatic rings. The predicted molar refractivity (Wildman–Crippen MR) is 69.4 cm³/mol. The van der Waals surface area contributed by atoms with Crippen LogP contribution in [0.15, 0.2) is 0 Å². The SMILES string of the molecule is COCCN(CCN)CC(=O)NC1CCOCC1. The lowest BCUT2D eigenvalue weighted by Crippen LogP contribution is -2.45. The van der Waals surface area contributed by atoms with E-state index in [1.807, 2.05) is 4.90 Å². The summed E-state index contributed by atoms with van der Waals surface area (Å²) in [4.78, 5) is 13.9. The Labute approximate surface area is 109 Å². The van der Waals surface area contributed by atoms with Crippen molar-refractivity contribution in [3.8, 4) is 0 Å². The van der Waals surface area contributed by atoms with Gasteiger partial charge in [-0.1, -0.05) is 0 Å². The summed E-state index contributed by atoms with van der Waals surface area (Å²) in [5, 5.41) is 3.04. The van der Waals surface area contributed by atoms with Gasteiger partial charge in [-0.25, -0.2) is 0 Å². The van der Waals surface area contributed by atoms with Gasteiger partial charge in [0.05, 0.1) is 13.2 Å². The number of ether oxygens (including phenoxy) is 2. The molecule has 1 amide bonds. The van der Waals surface area contributed by atoms with Gasteiger partial charge in [0.25, 0.3) is 0 Å². The number of carbonyl (C=O) groups is 1. The molecule has 0 aromatic carbocycles. The first-order valence-electron chi connectivity index (χ1n) is 6.54. The number of amides is 1. The van der Waals surface area contributed by atoms with Crippen LogP contribution < -0.4 is 11.1 Å². The minimum Gasteiger partial charge on any atom is -0.383 e. The molecule has 1 aliphatic heterocycles. The van der Waals surface area contributed by atoms with Gasteiger partial charge in [0.15, 0.2) is 0 Å². The molecule has 1 fully saturated rings. The van der Waals surface area contributed by atoms with Crippen molar-refractivity contribution in [3.63, 3.8) is 0 Å². The van der Waals surface area contributed by atoms with E-state index in [-0.39, 0.29) is 11.9 Å². The molecule has 0 atom stereocenters. The first-order valence-corrected chi connectivity index (χ1v) is 6.54. The minimum atomic E-state index is 0.0615. The third-order valence-corrected chi connectivity index (χ3v) is 3.01. The lowest BCUT2D eigenvalue weighted by molar-refractivity contribution is -0.123. The molecule has 6 heteroatoms. The average Bonchev–Trinajstić information content (AvgIpc) is 2.37. The summed E-state index contributed by atoms with van der Waals surface area (Å²) in [7, 11) is 1.66. The fraction of sp³-hybridized carbons (Fsp3) is 0.917. The zero-order valence-corrected chi connectivity index (χ0v) is 11.2. The Morgan fingerprint density at radius 2 is 2.17 bits per heavy atom. The highest BCUT2D eigenvalue weighted by molar-refractivity contribution is 5.78. The molecule has 1 rings (SSSR count). The van der Waals surface area contributed by atoms with E-state index in [0.29, 0.717) is 26.2 Å². The quantitative estimate of drug-likeness (QED) is 0.596. The number of hydrogen-bond acceptors (Lipinski definition) is 5. The largest absolute Gasteiger partial charge is 0.383 e. The molecular formula is C12H25N3O3. The minimum absolute atomic E-state index is 0.0615. The third kappa shape index (κ3) is 6.30. The Hall–Kier alpha value is -0.690. The first-order chi connectivity index (χ1) is 8.76. The highest BCUT2D eigenvalue weighted by Crippen LogP contribution is 2.05. The van der Waals surface area contributed by atoms with Crippen LogP contribution in [0.2, 0.25) is 0 Å². The van der Waals surface area contributed by atoms with Crippen molar-refractivity contribution in [3.05, 3.63) is 0 Å². The number of rotatable bonds is 8. The van der Waals surface area contributed by atoms with Gasteiger partial charge < -0.3 is 20.5 Å². The Kier molecular flexibility index (Phi) is 7.91. The number of carbonyl (C=O) groups excluding carboxylic acids is 1. The van der Waals surface area contributed by atoms with E-state index in [0.717, 1.165) is 32.6 Å². The van der Waals surface area contributed by atoms with Crippen LogP contribution in [-0.2, 0) is 14.3 Å². The molecule has 1 heterocycles. The van der Waals surface area contributed by atoms with E-state index in [1.165, 1.54) is 0 Å². The molecule has 0 aromatic heterocycles. The van der Waals surface area contributed by atoms with Crippen LogP contribution in [0.3, 0.4) is 0 Å². The zero-order chi connectivity index (χ0) is 13.2. The van der Waals surface area contributed by atoms with Crippen LogP contribution in [0, 0.1) is 0 Å². The molecule has 6 nitrogen and oxygen atoms in total. The van der Waals surface area contributed by atoms with Crippen molar-refractivity contribution in [2.75, 3.05) is 53.1 Å². The summed E-state index contributed by atoms with van der Waals surface area (Å²) in [6, 6.07) is 0.258. The summed E-state index contributed by atoms with van der Waals surface area (Å²) >= 11 is 0. The smallest absolute Gasteiger partial charge is 0.234 e. The number of nitrogens with two attached hydrogens (primary N) is 1. The molecule has 106 valence electrons. The molecule has 18 heavy (non-hydrogen) atoms. The number of nitrogens with one attached hydrogen (secondary N) is 1. The third-order valence-electron chi connectivity index (χ3n) is 3.01. The van der Waals surface area contributed by atoms with Crippen LogP contribution in [-0.4, -0.2) is 70.0 Å². The maximum atomic E-state index is 11.9. The first kappa shape index (κ1) is 15.4. The van der Waals surface area contributed by atoms with Crippen LogP contribution >= 0.6 is 0 Å². The lowest BCUT2D eigenvalue weighted by Gasteiger charge is -2.25. The number of nitrogens with zero attached hydrogens (tertiary/aromatic N) is 1. The highest BCUT2D eigenvalue weighted by atomic mass is 16.5. The van der Waals surface area contributed by atoms with Gasteiger partial charge in [-0.3, -0.25) is 9.69 Å². The van der Waals surface area contributed by atoms with Crippen molar-refractivity contribution in [2.45, 2.75) is 18.9 Å². The molecule has 0 aliphatic carbocycles. The Balaban J connectivity index is 2.25. The molecular weight excluding hydrogens is 234 g/mol. The van der Waals surface area contributed by atoms with Crippen LogP contribution in [0.4, 0.5) is 0 Å². The summed E-state index contributed by atoms with van der Waals surface area (Å²) in [5.74, 6) is 0.0615. The van der Waals surface area contributed by atoms with Crippen molar-refractivity contribution in [2.24, 2.45) is 5.73 Å². The van der Waals surface area contributed by atoms with Gasteiger partial charge >= 0.3 is 0 Å². The molecule has 0 aromatic rings. The lowest BCUT2D eigenvalue weighted by atomic mass is 10.1. The summed E-state index contributed by atoms with van der Waals surface area (Å²) in [6.45, 7) is 4.47. The van der Waals surface area contributed by atoms with Crippen LogP contribution in [0.25, 0.3) is 0 Å². The van der Waals surface area contributed by atoms with E-state index in [4.69, 9.17) is 15.2 Å². The molecule has 0 radical (unpaired) electrons. The Morgan fingerprint density at radius 3 is 2.78 bits per heavy atom. The zero-order valence-electron chi connectivity index (χ0n) is 11.2. The molecule has 0 spiro atoms. The maximum Gasteiger partial charge on any atom is 0.234 e. The second-order valence-electron chi connectivity index (χ2n) is 4.51. The monoisotopic (exact) mass is 259 g/mol. The van der Waals surface area contributed by atoms with Gasteiger partial charge in [-0.15, -0.1) is 0 Å². The molecule has 0 bridgehead atoms. The van der Waals surface area contributed by atoms with Gasteiger partial charge in [-0.2, -0.15) is 0 Å². The summed E-state index contributed by atoms with van der Waals surface area (Å²) in [6.07, 6.45) is 1.81. The molecule has 1 saturated heterocycles. The average molecular weight is 259 g/mol. The van der Waals surface area contributed by atoms with Crippen LogP contribution in [0.5, 0.6) is 0 Å². The second-order valence-corrected chi connectivity index (χ2v) is 4.51. The second kappa shape index (κ2) is 9.27. The fourth-order valence-corrected chi connectivity index (χ4v) is 1.99. The van der Waals surface area contributed by atoms with E-state index in [9.17, 15) is 4.79 Å². The van der Waals surface area contributed by atoms with Gasteiger partial charge in [-0.05, 0) is 12.8 Å². The van der Waals surface area contributed by atoms with Gasteiger partial charge in [0.1, 0.15) is 0 Å². The Morgan fingerprint density at radius 1 is 1.44 bits per heavy atom.